The van der Waals surface area contributed by atoms with Gasteiger partial charge in [-0.2, -0.15) is 5.10 Å². The second-order valence-corrected chi connectivity index (χ2v) is 9.68. The molecule has 0 radical (unpaired) electrons. The lowest BCUT2D eigenvalue weighted by Crippen LogP contribution is -2.49. The number of aliphatic hydroxyl groups is 1. The summed E-state index contributed by atoms with van der Waals surface area (Å²) in [6.45, 7) is 2.40. The average Bonchev–Trinajstić information content (AvgIpc) is 3.17. The minimum atomic E-state index is -1.24. The Kier molecular flexibility index (Phi) is 6.96. The normalized spacial score (nSPS) is 19.4. The first kappa shape index (κ1) is 25.6. The Bertz CT molecular complexity index is 1470. The number of aromatic nitrogens is 2. The fourth-order valence-corrected chi connectivity index (χ4v) is 5.25. The predicted octanol–water partition coefficient (Wildman–Crippen LogP) is 1.20. The van der Waals surface area contributed by atoms with Gasteiger partial charge < -0.3 is 25.2 Å². The molecule has 3 N–H and O–H groups in total. The SMILES string of the molecule is Cc1nn(CC(O)CNC(=O)c2ccccc2C(=O)O)c(=O)c2ccc(C(=O)N3C4CCC3COC4)cc12. The second kappa shape index (κ2) is 10.3. The Labute approximate surface area is 217 Å². The summed E-state index contributed by atoms with van der Waals surface area (Å²) in [4.78, 5) is 52.1. The van der Waals surface area contributed by atoms with Gasteiger partial charge in [0.15, 0.2) is 0 Å². The van der Waals surface area contributed by atoms with Gasteiger partial charge in [0, 0.05) is 17.5 Å². The number of amides is 2. The van der Waals surface area contributed by atoms with Crippen LogP contribution in [0.4, 0.5) is 0 Å². The number of carbonyl (C=O) groups excluding carboxylic acids is 2. The van der Waals surface area contributed by atoms with Crippen LogP contribution < -0.4 is 10.9 Å². The Morgan fingerprint density at radius 1 is 1.08 bits per heavy atom. The average molecular weight is 521 g/mol. The van der Waals surface area contributed by atoms with Gasteiger partial charge in [0.1, 0.15) is 0 Å². The number of ether oxygens (including phenoxy) is 1. The number of benzene rings is 2. The molecule has 11 nitrogen and oxygen atoms in total. The summed E-state index contributed by atoms with van der Waals surface area (Å²) in [5, 5.41) is 27.5. The summed E-state index contributed by atoms with van der Waals surface area (Å²) in [6, 6.07) is 10.8. The van der Waals surface area contributed by atoms with Crippen molar-refractivity contribution in [3.05, 3.63) is 75.2 Å². The van der Waals surface area contributed by atoms with E-state index >= 15 is 0 Å². The smallest absolute Gasteiger partial charge is 0.336 e. The van der Waals surface area contributed by atoms with Crippen molar-refractivity contribution in [1.82, 2.24) is 20.0 Å². The number of rotatable bonds is 7. The van der Waals surface area contributed by atoms with Gasteiger partial charge in [-0.1, -0.05) is 12.1 Å². The molecule has 0 saturated carbocycles. The largest absolute Gasteiger partial charge is 0.478 e. The van der Waals surface area contributed by atoms with E-state index in [0.717, 1.165) is 17.5 Å². The number of nitrogens with one attached hydrogen (secondary N) is 1. The van der Waals surface area contributed by atoms with Gasteiger partial charge >= 0.3 is 5.97 Å². The number of fused-ring (bicyclic) bond motifs is 3. The molecule has 198 valence electrons. The monoisotopic (exact) mass is 520 g/mol. The first-order valence-electron chi connectivity index (χ1n) is 12.4. The van der Waals surface area contributed by atoms with Crippen LogP contribution in [-0.4, -0.2) is 80.6 Å². The van der Waals surface area contributed by atoms with Crippen molar-refractivity contribution < 1.29 is 29.3 Å². The highest BCUT2D eigenvalue weighted by molar-refractivity contribution is 6.04. The third kappa shape index (κ3) is 4.77. The van der Waals surface area contributed by atoms with Gasteiger partial charge in [-0.15, -0.1) is 0 Å². The molecular formula is C27H28N4O7. The van der Waals surface area contributed by atoms with E-state index in [-0.39, 0.29) is 42.2 Å². The zero-order valence-electron chi connectivity index (χ0n) is 20.8. The van der Waals surface area contributed by atoms with E-state index in [2.05, 4.69) is 10.4 Å². The summed E-state index contributed by atoms with van der Waals surface area (Å²) >= 11 is 0. The van der Waals surface area contributed by atoms with Crippen molar-refractivity contribution in [1.29, 1.82) is 0 Å². The number of hydrogen-bond donors (Lipinski definition) is 3. The number of morpholine rings is 1. The molecule has 1 aromatic heterocycles. The van der Waals surface area contributed by atoms with Crippen LogP contribution in [0.3, 0.4) is 0 Å². The number of nitrogens with zero attached hydrogens (tertiary/aromatic N) is 3. The maximum absolute atomic E-state index is 13.3. The number of carboxylic acid groups (broad SMARTS) is 1. The number of hydrogen-bond acceptors (Lipinski definition) is 7. The Balaban J connectivity index is 1.30. The van der Waals surface area contributed by atoms with Gasteiger partial charge in [-0.3, -0.25) is 14.4 Å². The third-order valence-corrected chi connectivity index (χ3v) is 7.15. The highest BCUT2D eigenvalue weighted by Gasteiger charge is 2.40. The van der Waals surface area contributed by atoms with E-state index in [4.69, 9.17) is 4.74 Å². The third-order valence-electron chi connectivity index (χ3n) is 7.15. The van der Waals surface area contributed by atoms with Gasteiger partial charge in [0.2, 0.25) is 0 Å². The lowest BCUT2D eigenvalue weighted by atomic mass is 10.1. The molecule has 0 aliphatic carbocycles. The van der Waals surface area contributed by atoms with E-state index in [0.29, 0.717) is 35.2 Å². The topological polar surface area (TPSA) is 151 Å². The molecule has 2 bridgehead atoms. The zero-order valence-corrected chi connectivity index (χ0v) is 20.8. The Morgan fingerprint density at radius 2 is 1.76 bits per heavy atom. The van der Waals surface area contributed by atoms with Gasteiger partial charge in [-0.05, 0) is 50.1 Å². The summed E-state index contributed by atoms with van der Waals surface area (Å²) in [7, 11) is 0. The molecule has 2 aliphatic heterocycles. The van der Waals surface area contributed by atoms with E-state index in [1.165, 1.54) is 18.2 Å². The molecule has 3 heterocycles. The molecule has 3 atom stereocenters. The number of carbonyl (C=O) groups is 3. The molecule has 0 spiro atoms. The van der Waals surface area contributed by atoms with Crippen LogP contribution in [0.15, 0.2) is 47.3 Å². The lowest BCUT2D eigenvalue weighted by Gasteiger charge is -2.34. The molecule has 2 aliphatic rings. The van der Waals surface area contributed by atoms with E-state index in [9.17, 15) is 29.4 Å². The molecule has 2 fully saturated rings. The molecule has 5 rings (SSSR count). The van der Waals surface area contributed by atoms with Crippen molar-refractivity contribution in [3.63, 3.8) is 0 Å². The minimum absolute atomic E-state index is 0.0283. The van der Waals surface area contributed by atoms with Crippen molar-refractivity contribution >= 4 is 28.6 Å². The molecule has 2 saturated heterocycles. The van der Waals surface area contributed by atoms with Crippen molar-refractivity contribution in [3.8, 4) is 0 Å². The van der Waals surface area contributed by atoms with Crippen LogP contribution in [-0.2, 0) is 11.3 Å². The Hall–Kier alpha value is -4.09. The molecule has 2 amide bonds. The van der Waals surface area contributed by atoms with Crippen molar-refractivity contribution in [2.75, 3.05) is 19.8 Å². The van der Waals surface area contributed by atoms with E-state index in [1.54, 1.807) is 31.2 Å². The lowest BCUT2D eigenvalue weighted by molar-refractivity contribution is -0.00715. The van der Waals surface area contributed by atoms with E-state index in [1.807, 2.05) is 4.90 Å². The molecular weight excluding hydrogens is 492 g/mol. The van der Waals surface area contributed by atoms with Gasteiger partial charge in [-0.25, -0.2) is 9.48 Å². The van der Waals surface area contributed by atoms with Crippen LogP contribution in [0.25, 0.3) is 10.8 Å². The number of aromatic carboxylic acids is 1. The van der Waals surface area contributed by atoms with Crippen LogP contribution in [0.2, 0.25) is 0 Å². The molecule has 2 aromatic carbocycles. The fourth-order valence-electron chi connectivity index (χ4n) is 5.25. The van der Waals surface area contributed by atoms with Crippen molar-refractivity contribution in [2.45, 2.75) is 44.5 Å². The molecule has 3 unspecified atom stereocenters. The first-order chi connectivity index (χ1) is 18.2. The summed E-state index contributed by atoms with van der Waals surface area (Å²) < 4.78 is 6.70. The zero-order chi connectivity index (χ0) is 27.0. The standard InChI is InChI=1S/C27H28N4O7/c1-15-23-10-16(25(34)31-17-7-8-18(31)14-38-13-17)6-9-21(23)26(35)30(29-15)12-19(32)11-28-24(33)20-4-2-3-5-22(20)27(36)37/h2-6,9-10,17-19,32H,7-8,11-14H2,1H3,(H,28,33)(H,36,37). The number of aliphatic hydroxyl groups excluding tert-OH is 1. The molecule has 38 heavy (non-hydrogen) atoms. The van der Waals surface area contributed by atoms with Gasteiger partial charge in [0.05, 0.1) is 60.2 Å². The molecule has 3 aromatic rings. The predicted molar refractivity (Wildman–Crippen MR) is 136 cm³/mol. The second-order valence-electron chi connectivity index (χ2n) is 9.68. The Morgan fingerprint density at radius 3 is 2.45 bits per heavy atom. The maximum atomic E-state index is 13.3. The summed E-state index contributed by atoms with van der Waals surface area (Å²) in [5.74, 6) is -1.97. The van der Waals surface area contributed by atoms with Crippen LogP contribution in [0, 0.1) is 6.92 Å². The van der Waals surface area contributed by atoms with Crippen LogP contribution in [0.5, 0.6) is 0 Å². The van der Waals surface area contributed by atoms with Crippen LogP contribution in [0.1, 0.15) is 49.6 Å². The fraction of sp³-hybridized carbons (Fsp3) is 0.370. The number of carboxylic acids is 1. The van der Waals surface area contributed by atoms with Crippen LogP contribution >= 0.6 is 0 Å². The number of aryl methyl sites for hydroxylation is 1. The van der Waals surface area contributed by atoms with E-state index < -0.39 is 23.5 Å². The highest BCUT2D eigenvalue weighted by atomic mass is 16.5. The minimum Gasteiger partial charge on any atom is -0.478 e. The first-order valence-corrected chi connectivity index (χ1v) is 12.4. The maximum Gasteiger partial charge on any atom is 0.336 e. The molecule has 11 heteroatoms. The van der Waals surface area contributed by atoms with Crippen molar-refractivity contribution in [2.24, 2.45) is 0 Å². The summed E-state index contributed by atoms with van der Waals surface area (Å²) in [6.07, 6.45) is 0.685. The highest BCUT2D eigenvalue weighted by Crippen LogP contribution is 2.31. The van der Waals surface area contributed by atoms with Gasteiger partial charge in [0.25, 0.3) is 17.4 Å². The quantitative estimate of drug-likeness (QED) is 0.420. The summed E-state index contributed by atoms with van der Waals surface area (Å²) in [5.41, 5.74) is 0.396.